The van der Waals surface area contributed by atoms with Crippen molar-refractivity contribution < 1.29 is 0 Å². The van der Waals surface area contributed by atoms with Crippen molar-refractivity contribution >= 4 is 5.95 Å². The van der Waals surface area contributed by atoms with Gasteiger partial charge in [-0.1, -0.05) is 30.3 Å². The van der Waals surface area contributed by atoms with Crippen LogP contribution in [0, 0.1) is 5.92 Å². The Bertz CT molecular complexity index is 750. The quantitative estimate of drug-likeness (QED) is 0.707. The molecule has 3 N–H and O–H groups in total. The number of nitrogens with one attached hydrogen (secondary N) is 3. The summed E-state index contributed by atoms with van der Waals surface area (Å²) in [6.07, 6.45) is 2.73. The molecule has 1 aliphatic heterocycles. The number of aryl methyl sites for hydroxylation is 1. The normalized spacial score (nSPS) is 22.5. The standard InChI is InChI=1S/C20H29N5O/c1-14-18(15(2)24-23-14)10-9-17-13-19(26)22-20(21-17)25(3)12-11-16-7-5-4-6-8-16/h4-8,13-15,18,23-24H,9-12H2,1-3H3,(H,21,22,26). The Hall–Kier alpha value is -2.18. The van der Waals surface area contributed by atoms with Gasteiger partial charge < -0.3 is 4.90 Å². The molecule has 0 aliphatic carbocycles. The lowest BCUT2D eigenvalue weighted by Gasteiger charge is -2.19. The average molecular weight is 355 g/mol. The van der Waals surface area contributed by atoms with Crippen LogP contribution in [0.4, 0.5) is 5.95 Å². The molecule has 6 heteroatoms. The first kappa shape index (κ1) is 18.6. The second kappa shape index (κ2) is 8.47. The Morgan fingerprint density at radius 3 is 2.46 bits per heavy atom. The van der Waals surface area contributed by atoms with Gasteiger partial charge >= 0.3 is 0 Å². The van der Waals surface area contributed by atoms with Gasteiger partial charge in [-0.2, -0.15) is 0 Å². The molecule has 1 aliphatic rings. The molecule has 2 aromatic rings. The van der Waals surface area contributed by atoms with Crippen molar-refractivity contribution in [2.45, 2.75) is 45.2 Å². The second-order valence-electron chi connectivity index (χ2n) is 7.29. The van der Waals surface area contributed by atoms with E-state index in [1.807, 2.05) is 30.1 Å². The van der Waals surface area contributed by atoms with Gasteiger partial charge in [0.25, 0.3) is 5.56 Å². The van der Waals surface area contributed by atoms with E-state index >= 15 is 0 Å². The predicted molar refractivity (Wildman–Crippen MR) is 105 cm³/mol. The first-order valence-corrected chi connectivity index (χ1v) is 9.39. The van der Waals surface area contributed by atoms with Crippen molar-refractivity contribution in [1.29, 1.82) is 0 Å². The van der Waals surface area contributed by atoms with Gasteiger partial charge in [0.2, 0.25) is 5.95 Å². The molecule has 0 saturated carbocycles. The summed E-state index contributed by atoms with van der Waals surface area (Å²) in [5.41, 5.74) is 8.62. The van der Waals surface area contributed by atoms with Gasteiger partial charge in [-0.25, -0.2) is 4.98 Å². The van der Waals surface area contributed by atoms with Crippen LogP contribution in [0.25, 0.3) is 0 Å². The first-order valence-electron chi connectivity index (χ1n) is 9.39. The third-order valence-electron chi connectivity index (χ3n) is 5.28. The minimum absolute atomic E-state index is 0.0830. The van der Waals surface area contributed by atoms with Crippen LogP contribution in [0.3, 0.4) is 0 Å². The molecule has 0 bridgehead atoms. The van der Waals surface area contributed by atoms with E-state index in [1.54, 1.807) is 6.07 Å². The van der Waals surface area contributed by atoms with Crippen LogP contribution in [-0.4, -0.2) is 35.6 Å². The Morgan fingerprint density at radius 1 is 1.08 bits per heavy atom. The summed E-state index contributed by atoms with van der Waals surface area (Å²) in [4.78, 5) is 21.6. The van der Waals surface area contributed by atoms with E-state index in [0.29, 0.717) is 23.9 Å². The molecule has 0 radical (unpaired) electrons. The highest BCUT2D eigenvalue weighted by molar-refractivity contribution is 5.30. The summed E-state index contributed by atoms with van der Waals surface area (Å²) in [5.74, 6) is 1.18. The highest BCUT2D eigenvalue weighted by atomic mass is 16.1. The maximum Gasteiger partial charge on any atom is 0.252 e. The summed E-state index contributed by atoms with van der Waals surface area (Å²) in [7, 11) is 1.97. The molecule has 1 fully saturated rings. The van der Waals surface area contributed by atoms with Crippen LogP contribution in [0.1, 0.15) is 31.5 Å². The molecule has 26 heavy (non-hydrogen) atoms. The number of rotatable bonds is 7. The zero-order valence-corrected chi connectivity index (χ0v) is 15.8. The van der Waals surface area contributed by atoms with Crippen LogP contribution >= 0.6 is 0 Å². The summed E-state index contributed by atoms with van der Waals surface area (Å²) in [6, 6.07) is 12.8. The van der Waals surface area contributed by atoms with Gasteiger partial charge in [-0.05, 0) is 44.6 Å². The lowest BCUT2D eigenvalue weighted by Crippen LogP contribution is -2.30. The van der Waals surface area contributed by atoms with Gasteiger partial charge in [-0.3, -0.25) is 20.6 Å². The van der Waals surface area contributed by atoms with E-state index in [4.69, 9.17) is 0 Å². The smallest absolute Gasteiger partial charge is 0.252 e. The molecular weight excluding hydrogens is 326 g/mol. The number of hydrogen-bond donors (Lipinski definition) is 3. The third-order valence-corrected chi connectivity index (χ3v) is 5.28. The number of H-pyrrole nitrogens is 1. The Balaban J connectivity index is 1.62. The summed E-state index contributed by atoms with van der Waals surface area (Å²) >= 11 is 0. The van der Waals surface area contributed by atoms with Crippen molar-refractivity contribution in [3.8, 4) is 0 Å². The number of likely N-dealkylation sites (N-methyl/N-ethyl adjacent to an activating group) is 1. The Morgan fingerprint density at radius 2 is 1.77 bits per heavy atom. The number of anilines is 1. The van der Waals surface area contributed by atoms with Crippen molar-refractivity contribution in [2.75, 3.05) is 18.5 Å². The zero-order chi connectivity index (χ0) is 18.5. The van der Waals surface area contributed by atoms with Gasteiger partial charge in [-0.15, -0.1) is 0 Å². The molecule has 2 atom stereocenters. The van der Waals surface area contributed by atoms with Crippen molar-refractivity contribution in [2.24, 2.45) is 5.92 Å². The topological polar surface area (TPSA) is 73.0 Å². The molecule has 3 rings (SSSR count). The number of aromatic nitrogens is 2. The van der Waals surface area contributed by atoms with Crippen molar-refractivity contribution in [3.05, 3.63) is 58.0 Å². The fraction of sp³-hybridized carbons (Fsp3) is 0.500. The van der Waals surface area contributed by atoms with Gasteiger partial charge in [0.1, 0.15) is 0 Å². The summed E-state index contributed by atoms with van der Waals surface area (Å²) in [5, 5.41) is 0. The molecular formula is C20H29N5O. The average Bonchev–Trinajstić information content (AvgIpc) is 2.96. The molecule has 6 nitrogen and oxygen atoms in total. The number of hydrogen-bond acceptors (Lipinski definition) is 5. The van der Waals surface area contributed by atoms with E-state index in [2.05, 4.69) is 46.8 Å². The van der Waals surface area contributed by atoms with Gasteiger partial charge in [0, 0.05) is 37.4 Å². The Kier molecular flexibility index (Phi) is 6.06. The first-order chi connectivity index (χ1) is 12.5. The maximum absolute atomic E-state index is 12.1. The minimum Gasteiger partial charge on any atom is -0.345 e. The summed E-state index contributed by atoms with van der Waals surface area (Å²) < 4.78 is 0. The second-order valence-corrected chi connectivity index (χ2v) is 7.29. The van der Waals surface area contributed by atoms with E-state index in [1.165, 1.54) is 5.56 Å². The van der Waals surface area contributed by atoms with Crippen LogP contribution < -0.4 is 21.3 Å². The lowest BCUT2D eigenvalue weighted by atomic mass is 9.91. The van der Waals surface area contributed by atoms with Crippen LogP contribution in [-0.2, 0) is 12.8 Å². The van der Waals surface area contributed by atoms with E-state index in [0.717, 1.165) is 31.5 Å². The number of aromatic amines is 1. The molecule has 1 aromatic heterocycles. The highest BCUT2D eigenvalue weighted by Crippen LogP contribution is 2.20. The van der Waals surface area contributed by atoms with Crippen molar-refractivity contribution in [1.82, 2.24) is 20.8 Å². The van der Waals surface area contributed by atoms with E-state index in [9.17, 15) is 4.79 Å². The number of benzene rings is 1. The fourth-order valence-electron chi connectivity index (χ4n) is 3.57. The van der Waals surface area contributed by atoms with Gasteiger partial charge in [0.15, 0.2) is 0 Å². The monoisotopic (exact) mass is 355 g/mol. The summed E-state index contributed by atoms with van der Waals surface area (Å²) in [6.45, 7) is 5.19. The lowest BCUT2D eigenvalue weighted by molar-refractivity contribution is 0.412. The largest absolute Gasteiger partial charge is 0.345 e. The highest BCUT2D eigenvalue weighted by Gasteiger charge is 2.29. The van der Waals surface area contributed by atoms with Crippen LogP contribution in [0.15, 0.2) is 41.2 Å². The molecule has 2 heterocycles. The van der Waals surface area contributed by atoms with E-state index in [-0.39, 0.29) is 5.56 Å². The molecule has 2 unspecified atom stereocenters. The van der Waals surface area contributed by atoms with E-state index < -0.39 is 0 Å². The predicted octanol–water partition coefficient (Wildman–Crippen LogP) is 1.88. The molecule has 1 aromatic carbocycles. The molecule has 0 spiro atoms. The van der Waals surface area contributed by atoms with Gasteiger partial charge in [0.05, 0.1) is 0 Å². The fourth-order valence-corrected chi connectivity index (χ4v) is 3.57. The molecule has 0 amide bonds. The zero-order valence-electron chi connectivity index (χ0n) is 15.8. The SMILES string of the molecule is CC1NNC(C)C1CCc1cc(=O)[nH]c(N(C)CCc2ccccc2)n1. The minimum atomic E-state index is -0.0830. The molecule has 140 valence electrons. The van der Waals surface area contributed by atoms with Crippen LogP contribution in [0.5, 0.6) is 0 Å². The maximum atomic E-state index is 12.1. The number of nitrogens with zero attached hydrogens (tertiary/aromatic N) is 2. The molecule has 1 saturated heterocycles. The van der Waals surface area contributed by atoms with Crippen molar-refractivity contribution in [3.63, 3.8) is 0 Å². The Labute approximate surface area is 155 Å². The third kappa shape index (κ3) is 4.71. The number of hydrazine groups is 1. The van der Waals surface area contributed by atoms with Crippen LogP contribution in [0.2, 0.25) is 0 Å².